The molecule has 5 heteroatoms. The number of aliphatic imine (C=N–C) groups is 1. The van der Waals surface area contributed by atoms with Gasteiger partial charge in [0.05, 0.1) is 11.5 Å². The van der Waals surface area contributed by atoms with Crippen LogP contribution in [0.25, 0.3) is 6.08 Å². The van der Waals surface area contributed by atoms with E-state index in [1.165, 1.54) is 6.07 Å². The van der Waals surface area contributed by atoms with Crippen molar-refractivity contribution in [2.75, 3.05) is 7.05 Å². The number of Topliss-reactive ketones (excluding diaryl/α,β-unsaturated/α-hetero) is 1. The highest BCUT2D eigenvalue weighted by Gasteiger charge is 2.45. The van der Waals surface area contributed by atoms with Crippen LogP contribution in [0, 0.1) is 5.92 Å². The van der Waals surface area contributed by atoms with Gasteiger partial charge >= 0.3 is 6.18 Å². The Morgan fingerprint density at radius 1 is 1.07 bits per heavy atom. The van der Waals surface area contributed by atoms with Crippen LogP contribution in [-0.2, 0) is 11.0 Å². The first kappa shape index (κ1) is 17.7. The fraction of sp³-hybridized carbons (Fsp3) is 0.273. The van der Waals surface area contributed by atoms with Gasteiger partial charge in [-0.15, -0.1) is 0 Å². The van der Waals surface area contributed by atoms with E-state index >= 15 is 0 Å². The third-order valence-electron chi connectivity index (χ3n) is 5.52. The first-order valence-corrected chi connectivity index (χ1v) is 8.83. The van der Waals surface area contributed by atoms with Gasteiger partial charge in [-0.1, -0.05) is 54.6 Å². The summed E-state index contributed by atoms with van der Waals surface area (Å²) >= 11 is 0. The van der Waals surface area contributed by atoms with Crippen LogP contribution in [0.15, 0.2) is 59.6 Å². The van der Waals surface area contributed by atoms with E-state index in [2.05, 4.69) is 4.99 Å². The third kappa shape index (κ3) is 3.01. The van der Waals surface area contributed by atoms with E-state index in [1.54, 1.807) is 13.1 Å². The zero-order valence-electron chi connectivity index (χ0n) is 14.7. The SMILES string of the molecule is CN=C1CC(C2C=Cc3ccccc32)C(=O)C1c1cccc(C(F)(F)F)c1. The number of benzene rings is 2. The molecule has 138 valence electrons. The molecule has 2 aliphatic rings. The molecule has 27 heavy (non-hydrogen) atoms. The van der Waals surface area contributed by atoms with Gasteiger partial charge in [0.2, 0.25) is 0 Å². The minimum Gasteiger partial charge on any atom is -0.298 e. The van der Waals surface area contributed by atoms with Crippen LogP contribution in [0.1, 0.15) is 40.5 Å². The van der Waals surface area contributed by atoms with E-state index in [4.69, 9.17) is 0 Å². The highest BCUT2D eigenvalue weighted by atomic mass is 19.4. The predicted molar refractivity (Wildman–Crippen MR) is 98.9 cm³/mol. The molecule has 1 saturated carbocycles. The smallest absolute Gasteiger partial charge is 0.298 e. The second-order valence-corrected chi connectivity index (χ2v) is 7.00. The average Bonchev–Trinajstić information content (AvgIpc) is 3.21. The van der Waals surface area contributed by atoms with Crippen molar-refractivity contribution < 1.29 is 18.0 Å². The molecule has 0 heterocycles. The van der Waals surface area contributed by atoms with Crippen molar-refractivity contribution in [1.82, 2.24) is 0 Å². The topological polar surface area (TPSA) is 29.4 Å². The minimum atomic E-state index is -4.44. The first-order valence-electron chi connectivity index (χ1n) is 8.83. The molecule has 2 aliphatic carbocycles. The lowest BCUT2D eigenvalue weighted by atomic mass is 9.84. The molecule has 0 radical (unpaired) electrons. The van der Waals surface area contributed by atoms with Gasteiger partial charge in [-0.2, -0.15) is 13.2 Å². The largest absolute Gasteiger partial charge is 0.416 e. The van der Waals surface area contributed by atoms with E-state index in [0.29, 0.717) is 17.7 Å². The number of halogens is 3. The summed E-state index contributed by atoms with van der Waals surface area (Å²) in [6.45, 7) is 0. The standard InChI is InChI=1S/C22H18F3NO/c1-26-19-12-18(17-10-9-13-5-2-3-8-16(13)17)21(27)20(19)14-6-4-7-15(11-14)22(23,24)25/h2-11,17-18,20H,12H2,1H3. The quantitative estimate of drug-likeness (QED) is 0.710. The number of hydrogen-bond donors (Lipinski definition) is 0. The highest BCUT2D eigenvalue weighted by Crippen LogP contribution is 2.45. The number of carbonyl (C=O) groups excluding carboxylic acids is 1. The highest BCUT2D eigenvalue weighted by molar-refractivity contribution is 6.17. The van der Waals surface area contributed by atoms with Gasteiger partial charge in [0.25, 0.3) is 0 Å². The fourth-order valence-corrected chi connectivity index (χ4v) is 4.23. The van der Waals surface area contributed by atoms with Crippen LogP contribution in [-0.4, -0.2) is 18.5 Å². The lowest BCUT2D eigenvalue weighted by Crippen LogP contribution is -2.19. The molecule has 0 bridgehead atoms. The summed E-state index contributed by atoms with van der Waals surface area (Å²) in [6, 6.07) is 13.0. The van der Waals surface area contributed by atoms with Crippen LogP contribution >= 0.6 is 0 Å². The molecule has 0 N–H and O–H groups in total. The second kappa shape index (κ2) is 6.48. The van der Waals surface area contributed by atoms with E-state index in [1.807, 2.05) is 36.4 Å². The molecule has 0 amide bonds. The zero-order chi connectivity index (χ0) is 19.2. The maximum Gasteiger partial charge on any atom is 0.416 e. The van der Waals surface area contributed by atoms with E-state index in [9.17, 15) is 18.0 Å². The van der Waals surface area contributed by atoms with Crippen molar-refractivity contribution in [2.45, 2.75) is 24.4 Å². The van der Waals surface area contributed by atoms with Gasteiger partial charge < -0.3 is 0 Å². The van der Waals surface area contributed by atoms with Gasteiger partial charge in [0.1, 0.15) is 5.78 Å². The number of alkyl halides is 3. The molecular weight excluding hydrogens is 351 g/mol. The Labute approximate surface area is 155 Å². The molecule has 0 spiro atoms. The summed E-state index contributed by atoms with van der Waals surface area (Å²) in [5.41, 5.74) is 2.47. The number of ketones is 1. The third-order valence-corrected chi connectivity index (χ3v) is 5.52. The van der Waals surface area contributed by atoms with Gasteiger partial charge in [-0.05, 0) is 29.2 Å². The predicted octanol–water partition coefficient (Wildman–Crippen LogP) is 5.26. The van der Waals surface area contributed by atoms with Crippen molar-refractivity contribution in [2.24, 2.45) is 10.9 Å². The van der Waals surface area contributed by atoms with Crippen molar-refractivity contribution in [3.05, 3.63) is 76.9 Å². The molecule has 4 rings (SSSR count). The van der Waals surface area contributed by atoms with Crippen LogP contribution in [0.2, 0.25) is 0 Å². The molecule has 3 atom stereocenters. The Balaban J connectivity index is 1.70. The Bertz CT molecular complexity index is 958. The summed E-state index contributed by atoms with van der Waals surface area (Å²) in [4.78, 5) is 17.5. The lowest BCUT2D eigenvalue weighted by molar-refractivity contribution is -0.137. The Hall–Kier alpha value is -2.69. The van der Waals surface area contributed by atoms with Gasteiger partial charge in [0, 0.05) is 24.6 Å². The summed E-state index contributed by atoms with van der Waals surface area (Å²) < 4.78 is 39.3. The Morgan fingerprint density at radius 2 is 1.85 bits per heavy atom. The van der Waals surface area contributed by atoms with Crippen molar-refractivity contribution in [3.63, 3.8) is 0 Å². The molecule has 3 unspecified atom stereocenters. The number of fused-ring (bicyclic) bond motifs is 1. The Morgan fingerprint density at radius 3 is 2.59 bits per heavy atom. The average molecular weight is 369 g/mol. The minimum absolute atomic E-state index is 0.0544. The molecule has 1 fully saturated rings. The van der Waals surface area contributed by atoms with Gasteiger partial charge in [0.15, 0.2) is 0 Å². The monoisotopic (exact) mass is 369 g/mol. The number of carbonyl (C=O) groups is 1. The maximum absolute atomic E-state index is 13.2. The van der Waals surface area contributed by atoms with Crippen molar-refractivity contribution in [3.8, 4) is 0 Å². The van der Waals surface area contributed by atoms with Crippen molar-refractivity contribution in [1.29, 1.82) is 0 Å². The van der Waals surface area contributed by atoms with E-state index in [0.717, 1.165) is 23.3 Å². The molecule has 0 saturated heterocycles. The van der Waals surface area contributed by atoms with E-state index < -0.39 is 17.7 Å². The normalized spacial score (nSPS) is 26.0. The van der Waals surface area contributed by atoms with Crippen LogP contribution in [0.3, 0.4) is 0 Å². The van der Waals surface area contributed by atoms with Crippen LogP contribution in [0.4, 0.5) is 13.2 Å². The number of hydrogen-bond acceptors (Lipinski definition) is 2. The number of nitrogens with zero attached hydrogens (tertiary/aromatic N) is 1. The molecule has 0 aromatic heterocycles. The molecule has 2 aromatic rings. The van der Waals surface area contributed by atoms with Gasteiger partial charge in [-0.3, -0.25) is 9.79 Å². The molecule has 2 nitrogen and oxygen atoms in total. The summed E-state index contributed by atoms with van der Waals surface area (Å²) in [5.74, 6) is -1.12. The summed E-state index contributed by atoms with van der Waals surface area (Å²) in [5, 5.41) is 0. The molecular formula is C22H18F3NO. The fourth-order valence-electron chi connectivity index (χ4n) is 4.23. The molecule has 2 aromatic carbocycles. The maximum atomic E-state index is 13.2. The van der Waals surface area contributed by atoms with Crippen LogP contribution < -0.4 is 0 Å². The van der Waals surface area contributed by atoms with Crippen LogP contribution in [0.5, 0.6) is 0 Å². The van der Waals surface area contributed by atoms with Gasteiger partial charge in [-0.25, -0.2) is 0 Å². The Kier molecular flexibility index (Phi) is 4.25. The zero-order valence-corrected chi connectivity index (χ0v) is 14.7. The molecule has 0 aliphatic heterocycles. The van der Waals surface area contributed by atoms with Crippen molar-refractivity contribution >= 4 is 17.6 Å². The second-order valence-electron chi connectivity index (χ2n) is 7.00. The summed E-state index contributed by atoms with van der Waals surface area (Å²) in [6.07, 6.45) is 0.0655. The number of rotatable bonds is 2. The number of allylic oxidation sites excluding steroid dienone is 1. The lowest BCUT2D eigenvalue weighted by Gasteiger charge is -2.18. The first-order chi connectivity index (χ1) is 12.9. The van der Waals surface area contributed by atoms with E-state index in [-0.39, 0.29) is 17.6 Å². The summed E-state index contributed by atoms with van der Waals surface area (Å²) in [7, 11) is 1.60.